The fourth-order valence-corrected chi connectivity index (χ4v) is 3.26. The predicted octanol–water partition coefficient (Wildman–Crippen LogP) is 3.14. The minimum absolute atomic E-state index is 0.314. The molecule has 1 saturated heterocycles. The molecule has 0 amide bonds. The van der Waals surface area contributed by atoms with Crippen molar-refractivity contribution in [3.63, 3.8) is 0 Å². The molecule has 2 nitrogen and oxygen atoms in total. The fourth-order valence-electron chi connectivity index (χ4n) is 1.97. The first-order valence-corrected chi connectivity index (χ1v) is 6.71. The molecule has 0 aliphatic carbocycles. The molecule has 1 unspecified atom stereocenters. The normalized spacial score (nSPS) is 21.8. The second-order valence-electron chi connectivity index (χ2n) is 3.94. The number of rotatable bonds is 1. The fraction of sp³-hybridized carbons (Fsp3) is 0.455. The summed E-state index contributed by atoms with van der Waals surface area (Å²) in [4.78, 5) is 2.35. The quantitative estimate of drug-likeness (QED) is 0.855. The minimum Gasteiger partial charge on any atom is -0.369 e. The molecule has 2 rings (SSSR count). The first-order chi connectivity index (χ1) is 7.16. The summed E-state index contributed by atoms with van der Waals surface area (Å²) in [7, 11) is 0. The number of hydrogen-bond donors (Lipinski definition) is 1. The van der Waals surface area contributed by atoms with Gasteiger partial charge in [0, 0.05) is 28.1 Å². The number of nitrogens with zero attached hydrogens (tertiary/aromatic N) is 1. The molecule has 1 aliphatic heterocycles. The predicted molar refractivity (Wildman–Crippen MR) is 71.3 cm³/mol. The Morgan fingerprint density at radius 3 is 2.80 bits per heavy atom. The molecule has 0 saturated carbocycles. The number of nitrogens with two attached hydrogens (primary N) is 1. The highest BCUT2D eigenvalue weighted by Gasteiger charge is 2.18. The number of halogens is 2. The zero-order valence-corrected chi connectivity index (χ0v) is 11.6. The van der Waals surface area contributed by atoms with Gasteiger partial charge in [-0.1, -0.05) is 15.9 Å². The summed E-state index contributed by atoms with van der Waals surface area (Å²) in [5, 5.41) is 0. The summed E-state index contributed by atoms with van der Waals surface area (Å²) < 4.78 is 2.23. The topological polar surface area (TPSA) is 29.3 Å². The third-order valence-electron chi connectivity index (χ3n) is 2.71. The zero-order valence-electron chi connectivity index (χ0n) is 8.42. The van der Waals surface area contributed by atoms with Gasteiger partial charge in [-0.05, 0) is 47.0 Å². The third kappa shape index (κ3) is 2.74. The van der Waals surface area contributed by atoms with Crippen LogP contribution in [0.25, 0.3) is 0 Å². The Labute approximate surface area is 107 Å². The molecular weight excluding hydrogens is 320 g/mol. The monoisotopic (exact) mass is 332 g/mol. The van der Waals surface area contributed by atoms with Crippen LogP contribution in [0.5, 0.6) is 0 Å². The molecule has 0 bridgehead atoms. The van der Waals surface area contributed by atoms with Crippen LogP contribution in [0.4, 0.5) is 5.69 Å². The van der Waals surface area contributed by atoms with Gasteiger partial charge in [-0.2, -0.15) is 0 Å². The van der Waals surface area contributed by atoms with Gasteiger partial charge in [0.2, 0.25) is 0 Å². The van der Waals surface area contributed by atoms with Crippen molar-refractivity contribution in [1.29, 1.82) is 0 Å². The van der Waals surface area contributed by atoms with Gasteiger partial charge in [-0.15, -0.1) is 0 Å². The molecule has 1 aliphatic rings. The van der Waals surface area contributed by atoms with E-state index in [0.717, 1.165) is 28.5 Å². The van der Waals surface area contributed by atoms with E-state index >= 15 is 0 Å². The van der Waals surface area contributed by atoms with Gasteiger partial charge in [0.15, 0.2) is 0 Å². The van der Waals surface area contributed by atoms with Crippen molar-refractivity contribution >= 4 is 37.5 Å². The van der Waals surface area contributed by atoms with Crippen LogP contribution >= 0.6 is 31.9 Å². The van der Waals surface area contributed by atoms with Crippen LogP contribution in [0, 0.1) is 0 Å². The van der Waals surface area contributed by atoms with Gasteiger partial charge in [0.1, 0.15) is 0 Å². The van der Waals surface area contributed by atoms with Crippen LogP contribution in [-0.4, -0.2) is 19.1 Å². The standard InChI is InChI=1S/C11H14Br2N2/c12-8-3-4-11(10(13)6-8)15-5-1-2-9(14)7-15/h3-4,6,9H,1-2,5,7,14H2. The summed E-state index contributed by atoms with van der Waals surface area (Å²) in [5.41, 5.74) is 7.22. The van der Waals surface area contributed by atoms with Gasteiger partial charge in [-0.25, -0.2) is 0 Å². The summed E-state index contributed by atoms with van der Waals surface area (Å²) in [5.74, 6) is 0. The third-order valence-corrected chi connectivity index (χ3v) is 3.84. The first-order valence-electron chi connectivity index (χ1n) is 5.12. The molecule has 1 fully saturated rings. The molecule has 4 heteroatoms. The Hall–Kier alpha value is -0.0600. The smallest absolute Gasteiger partial charge is 0.0511 e. The molecule has 1 aromatic carbocycles. The van der Waals surface area contributed by atoms with Gasteiger partial charge in [-0.3, -0.25) is 0 Å². The van der Waals surface area contributed by atoms with E-state index in [1.165, 1.54) is 12.1 Å². The molecule has 0 aromatic heterocycles. The van der Waals surface area contributed by atoms with Crippen molar-refractivity contribution in [2.24, 2.45) is 5.73 Å². The van der Waals surface area contributed by atoms with Gasteiger partial charge in [0.25, 0.3) is 0 Å². The van der Waals surface area contributed by atoms with E-state index in [-0.39, 0.29) is 0 Å². The van der Waals surface area contributed by atoms with E-state index in [2.05, 4.69) is 55.0 Å². The van der Waals surface area contributed by atoms with Crippen molar-refractivity contribution in [1.82, 2.24) is 0 Å². The average Bonchev–Trinajstić information content (AvgIpc) is 2.17. The van der Waals surface area contributed by atoms with E-state index < -0.39 is 0 Å². The first kappa shape index (κ1) is 11.4. The highest BCUT2D eigenvalue weighted by molar-refractivity contribution is 9.11. The Bertz CT molecular complexity index is 354. The van der Waals surface area contributed by atoms with Gasteiger partial charge >= 0.3 is 0 Å². The van der Waals surface area contributed by atoms with E-state index in [0.29, 0.717) is 6.04 Å². The van der Waals surface area contributed by atoms with Gasteiger partial charge in [0.05, 0.1) is 5.69 Å². The van der Waals surface area contributed by atoms with Crippen LogP contribution in [-0.2, 0) is 0 Å². The minimum atomic E-state index is 0.314. The van der Waals surface area contributed by atoms with Crippen molar-refractivity contribution in [3.05, 3.63) is 27.1 Å². The van der Waals surface area contributed by atoms with Crippen LogP contribution < -0.4 is 10.6 Å². The van der Waals surface area contributed by atoms with Crippen molar-refractivity contribution in [2.75, 3.05) is 18.0 Å². The second-order valence-corrected chi connectivity index (χ2v) is 5.71. The maximum absolute atomic E-state index is 5.98. The molecule has 1 heterocycles. The Kier molecular flexibility index (Phi) is 3.69. The van der Waals surface area contributed by atoms with E-state index in [9.17, 15) is 0 Å². The van der Waals surface area contributed by atoms with E-state index in [1.807, 2.05) is 0 Å². The molecule has 82 valence electrons. The van der Waals surface area contributed by atoms with Crippen LogP contribution in [0.15, 0.2) is 27.1 Å². The number of benzene rings is 1. The highest BCUT2D eigenvalue weighted by Crippen LogP contribution is 2.30. The summed E-state index contributed by atoms with van der Waals surface area (Å²) >= 11 is 7.05. The lowest BCUT2D eigenvalue weighted by Crippen LogP contribution is -2.42. The molecule has 2 N–H and O–H groups in total. The molecule has 1 aromatic rings. The number of anilines is 1. The largest absolute Gasteiger partial charge is 0.369 e. The van der Waals surface area contributed by atoms with Crippen molar-refractivity contribution in [2.45, 2.75) is 18.9 Å². The maximum atomic E-state index is 5.98. The maximum Gasteiger partial charge on any atom is 0.0511 e. The van der Waals surface area contributed by atoms with Gasteiger partial charge < -0.3 is 10.6 Å². The van der Waals surface area contributed by atoms with Crippen LogP contribution in [0.3, 0.4) is 0 Å². The molecule has 15 heavy (non-hydrogen) atoms. The number of hydrogen-bond acceptors (Lipinski definition) is 2. The van der Waals surface area contributed by atoms with Crippen LogP contribution in [0.2, 0.25) is 0 Å². The average molecular weight is 334 g/mol. The lowest BCUT2D eigenvalue weighted by Gasteiger charge is -2.33. The van der Waals surface area contributed by atoms with Crippen LogP contribution in [0.1, 0.15) is 12.8 Å². The lowest BCUT2D eigenvalue weighted by molar-refractivity contribution is 0.506. The molecular formula is C11H14Br2N2. The molecule has 1 atom stereocenters. The van der Waals surface area contributed by atoms with Crippen molar-refractivity contribution in [3.8, 4) is 0 Å². The highest BCUT2D eigenvalue weighted by atomic mass is 79.9. The zero-order chi connectivity index (χ0) is 10.8. The van der Waals surface area contributed by atoms with E-state index in [1.54, 1.807) is 0 Å². The van der Waals surface area contributed by atoms with Crippen molar-refractivity contribution < 1.29 is 0 Å². The summed E-state index contributed by atoms with van der Waals surface area (Å²) in [6.07, 6.45) is 2.33. The summed E-state index contributed by atoms with van der Waals surface area (Å²) in [6, 6.07) is 6.59. The second kappa shape index (κ2) is 4.85. The Balaban J connectivity index is 2.21. The Morgan fingerprint density at radius 2 is 2.13 bits per heavy atom. The molecule has 0 spiro atoms. The van der Waals surface area contributed by atoms with E-state index in [4.69, 9.17) is 5.73 Å². The molecule has 0 radical (unpaired) electrons. The Morgan fingerprint density at radius 1 is 1.33 bits per heavy atom. The summed E-state index contributed by atoms with van der Waals surface area (Å²) in [6.45, 7) is 2.06. The SMILES string of the molecule is NC1CCCN(c2ccc(Br)cc2Br)C1. The number of piperidine rings is 1. The lowest BCUT2D eigenvalue weighted by atomic mass is 10.1.